The summed E-state index contributed by atoms with van der Waals surface area (Å²) in [4.78, 5) is 10.1. The molecule has 0 amide bonds. The molecular formula is C21H19Cl3N4O5S2. The second kappa shape index (κ2) is 12.8. The van der Waals surface area contributed by atoms with Crippen LogP contribution in [0.5, 0.6) is 0 Å². The van der Waals surface area contributed by atoms with Crippen LogP contribution < -0.4 is 10.1 Å². The molecule has 0 radical (unpaired) electrons. The Balaban J connectivity index is 0.00000100. The quantitative estimate of drug-likeness (QED) is 0.207. The molecule has 0 spiro atoms. The molecule has 0 unspecified atom stereocenters. The Hall–Kier alpha value is -2.70. The molecule has 2 N–H and O–H groups in total. The Morgan fingerprint density at radius 3 is 2.11 bits per heavy atom. The van der Waals surface area contributed by atoms with Crippen LogP contribution in [0.15, 0.2) is 70.7 Å². The van der Waals surface area contributed by atoms with E-state index < -0.39 is 31.4 Å². The minimum atomic E-state index is -4.21. The van der Waals surface area contributed by atoms with Crippen LogP contribution >= 0.6 is 34.8 Å². The van der Waals surface area contributed by atoms with Gasteiger partial charge in [0.1, 0.15) is 4.90 Å². The van der Waals surface area contributed by atoms with Crippen LogP contribution in [0.25, 0.3) is 0 Å². The Bertz CT molecular complexity index is 1340. The number of benzene rings is 3. The van der Waals surface area contributed by atoms with E-state index in [1.54, 1.807) is 30.7 Å². The van der Waals surface area contributed by atoms with Crippen molar-refractivity contribution in [2.24, 2.45) is 5.10 Å². The van der Waals surface area contributed by atoms with Gasteiger partial charge in [0.2, 0.25) is 0 Å². The minimum Gasteiger partial charge on any atom is -0.280 e. The van der Waals surface area contributed by atoms with E-state index in [1.807, 2.05) is 0 Å². The number of nitro groups is 1. The van der Waals surface area contributed by atoms with Crippen molar-refractivity contribution >= 4 is 78.9 Å². The van der Waals surface area contributed by atoms with Crippen LogP contribution in [0, 0.1) is 10.1 Å². The van der Waals surface area contributed by atoms with E-state index in [2.05, 4.69) is 15.2 Å². The first-order valence-electron chi connectivity index (χ1n) is 9.45. The van der Waals surface area contributed by atoms with Crippen molar-refractivity contribution in [3.63, 3.8) is 0 Å². The maximum Gasteiger partial charge on any atom is 0.270 e. The Labute approximate surface area is 219 Å². The zero-order valence-corrected chi connectivity index (χ0v) is 22.1. The van der Waals surface area contributed by atoms with Gasteiger partial charge in [0.05, 0.1) is 26.9 Å². The van der Waals surface area contributed by atoms with Crippen LogP contribution in [0.2, 0.25) is 15.1 Å². The maximum absolute atomic E-state index is 12.9. The summed E-state index contributed by atoms with van der Waals surface area (Å²) >= 11 is 18.0. The van der Waals surface area contributed by atoms with E-state index in [-0.39, 0.29) is 16.3 Å². The third kappa shape index (κ3) is 8.79. The van der Waals surface area contributed by atoms with Gasteiger partial charge in [-0.05, 0) is 42.5 Å². The topological polar surface area (TPSA) is 131 Å². The molecule has 0 fully saturated rings. The van der Waals surface area contributed by atoms with Gasteiger partial charge < -0.3 is 0 Å². The van der Waals surface area contributed by atoms with Crippen molar-refractivity contribution in [1.82, 2.24) is 0 Å². The number of hydrazone groups is 1. The van der Waals surface area contributed by atoms with Crippen LogP contribution in [-0.4, -0.2) is 36.3 Å². The molecular weight excluding hydrogens is 559 g/mol. The van der Waals surface area contributed by atoms with Crippen molar-refractivity contribution < 1.29 is 17.6 Å². The summed E-state index contributed by atoms with van der Waals surface area (Å²) in [6.07, 6.45) is 4.59. The maximum atomic E-state index is 12.9. The monoisotopic (exact) mass is 576 g/mol. The third-order valence-corrected chi connectivity index (χ3v) is 6.27. The lowest BCUT2D eigenvalue weighted by atomic mass is 10.2. The molecule has 0 aliphatic carbocycles. The standard InChI is InChI=1S/C19H13Cl3N4O4S.C2H6OS/c20-12-4-6-13(7-5-12)25-31(29,30)19-10-14(26(27)28)8-9-18(19)24-23-11-15-16(21)2-1-3-17(15)22;1-4(2)3/h1-11,24-25H;1-2H3/b23-11+;. The highest BCUT2D eigenvalue weighted by Crippen LogP contribution is 2.29. The predicted octanol–water partition coefficient (Wildman–Crippen LogP) is 5.80. The minimum absolute atomic E-state index is 0.00601. The number of rotatable bonds is 7. The molecule has 0 heterocycles. The summed E-state index contributed by atoms with van der Waals surface area (Å²) in [6.45, 7) is 0. The van der Waals surface area contributed by atoms with Gasteiger partial charge in [-0.1, -0.05) is 40.9 Å². The van der Waals surface area contributed by atoms with Gasteiger partial charge in [0.25, 0.3) is 15.7 Å². The summed E-state index contributed by atoms with van der Waals surface area (Å²) in [5, 5.41) is 16.3. The van der Waals surface area contributed by atoms with Crippen LogP contribution in [0.4, 0.5) is 17.1 Å². The lowest BCUT2D eigenvalue weighted by Crippen LogP contribution is -2.15. The number of anilines is 2. The first kappa shape index (κ1) is 28.5. The van der Waals surface area contributed by atoms with Gasteiger partial charge in [-0.3, -0.25) is 24.5 Å². The first-order valence-corrected chi connectivity index (χ1v) is 14.0. The molecule has 3 rings (SSSR count). The fourth-order valence-electron chi connectivity index (χ4n) is 2.47. The molecule has 9 nitrogen and oxygen atoms in total. The molecule has 0 aliphatic heterocycles. The molecule has 0 saturated heterocycles. The van der Waals surface area contributed by atoms with Gasteiger partial charge in [0.15, 0.2) is 0 Å². The molecule has 0 saturated carbocycles. The van der Waals surface area contributed by atoms with Gasteiger partial charge in [-0.25, -0.2) is 8.42 Å². The Morgan fingerprint density at radius 2 is 1.57 bits per heavy atom. The Kier molecular flexibility index (Phi) is 10.5. The van der Waals surface area contributed by atoms with E-state index >= 15 is 0 Å². The lowest BCUT2D eigenvalue weighted by molar-refractivity contribution is -0.385. The summed E-state index contributed by atoms with van der Waals surface area (Å²) < 4.78 is 37.8. The van der Waals surface area contributed by atoms with Crippen molar-refractivity contribution in [3.05, 3.63) is 91.4 Å². The summed E-state index contributed by atoms with van der Waals surface area (Å²) in [5.74, 6) is 0. The number of non-ortho nitro benzene ring substituents is 1. The molecule has 3 aromatic carbocycles. The average molecular weight is 578 g/mol. The largest absolute Gasteiger partial charge is 0.280 e. The molecule has 35 heavy (non-hydrogen) atoms. The molecule has 0 bridgehead atoms. The predicted molar refractivity (Wildman–Crippen MR) is 143 cm³/mol. The number of sulfonamides is 1. The fraction of sp³-hybridized carbons (Fsp3) is 0.0952. The number of nitro benzene ring substituents is 1. The van der Waals surface area contributed by atoms with Crippen LogP contribution in [0.3, 0.4) is 0 Å². The fourth-order valence-corrected chi connectivity index (χ4v) is 4.32. The zero-order valence-electron chi connectivity index (χ0n) is 18.2. The lowest BCUT2D eigenvalue weighted by Gasteiger charge is -2.12. The molecule has 0 atom stereocenters. The van der Waals surface area contributed by atoms with Crippen molar-refractivity contribution in [1.29, 1.82) is 0 Å². The number of halogens is 3. The number of nitrogens with zero attached hydrogens (tertiary/aromatic N) is 2. The van der Waals surface area contributed by atoms with E-state index in [4.69, 9.17) is 34.8 Å². The number of hydrogen-bond donors (Lipinski definition) is 2. The molecule has 186 valence electrons. The first-order chi connectivity index (χ1) is 16.4. The number of nitrogens with one attached hydrogen (secondary N) is 2. The Morgan fingerprint density at radius 1 is 1.00 bits per heavy atom. The highest BCUT2D eigenvalue weighted by molar-refractivity contribution is 7.92. The smallest absolute Gasteiger partial charge is 0.270 e. The second-order valence-corrected chi connectivity index (χ2v) is 11.2. The molecule has 14 heteroatoms. The average Bonchev–Trinajstić information content (AvgIpc) is 2.77. The summed E-state index contributed by atoms with van der Waals surface area (Å²) in [6, 6.07) is 14.1. The molecule has 0 aliphatic rings. The highest BCUT2D eigenvalue weighted by atomic mass is 35.5. The summed E-state index contributed by atoms with van der Waals surface area (Å²) in [5.41, 5.74) is 2.83. The van der Waals surface area contributed by atoms with Gasteiger partial charge in [0, 0.05) is 51.7 Å². The zero-order chi connectivity index (χ0) is 26.2. The van der Waals surface area contributed by atoms with E-state index in [0.29, 0.717) is 20.6 Å². The van der Waals surface area contributed by atoms with Crippen LogP contribution in [-0.2, 0) is 20.8 Å². The second-order valence-electron chi connectivity index (χ2n) is 6.80. The number of hydrogen-bond acceptors (Lipinski definition) is 7. The van der Waals surface area contributed by atoms with E-state index in [1.165, 1.54) is 36.5 Å². The van der Waals surface area contributed by atoms with Gasteiger partial charge in [-0.2, -0.15) is 5.10 Å². The van der Waals surface area contributed by atoms with E-state index in [0.717, 1.165) is 12.1 Å². The van der Waals surface area contributed by atoms with Crippen molar-refractivity contribution in [2.75, 3.05) is 22.7 Å². The summed E-state index contributed by atoms with van der Waals surface area (Å²) in [7, 11) is -4.82. The van der Waals surface area contributed by atoms with Crippen molar-refractivity contribution in [2.45, 2.75) is 4.90 Å². The molecule has 3 aromatic rings. The van der Waals surface area contributed by atoms with Gasteiger partial charge in [-0.15, -0.1) is 0 Å². The molecule has 0 aromatic heterocycles. The van der Waals surface area contributed by atoms with Crippen molar-refractivity contribution in [3.8, 4) is 0 Å². The normalized spacial score (nSPS) is 11.1. The van der Waals surface area contributed by atoms with Crippen LogP contribution in [0.1, 0.15) is 5.56 Å². The SMILES string of the molecule is CS(C)=O.O=[N+]([O-])c1ccc(N/N=C/c2c(Cl)cccc2Cl)c(S(=O)(=O)Nc2ccc(Cl)cc2)c1. The van der Waals surface area contributed by atoms with Gasteiger partial charge >= 0.3 is 0 Å². The highest BCUT2D eigenvalue weighted by Gasteiger charge is 2.22. The third-order valence-electron chi connectivity index (χ3n) is 3.94. The van der Waals surface area contributed by atoms with E-state index in [9.17, 15) is 22.7 Å².